The molecule has 0 aliphatic carbocycles. The van der Waals surface area contributed by atoms with Crippen molar-refractivity contribution in [2.24, 2.45) is 4.99 Å². The summed E-state index contributed by atoms with van der Waals surface area (Å²) in [7, 11) is 2.22. The van der Waals surface area contributed by atoms with Gasteiger partial charge in [0.25, 0.3) is 0 Å². The van der Waals surface area contributed by atoms with Crippen LogP contribution in [0.4, 0.5) is 0 Å². The molecule has 0 radical (unpaired) electrons. The highest BCUT2D eigenvalue weighted by atomic mass is 127. The molecule has 1 fully saturated rings. The first kappa shape index (κ1) is 25.5. The summed E-state index contributed by atoms with van der Waals surface area (Å²) in [6.45, 7) is 13.0. The molecule has 1 aliphatic rings. The zero-order valence-electron chi connectivity index (χ0n) is 17.7. The van der Waals surface area contributed by atoms with Gasteiger partial charge in [-0.05, 0) is 58.6 Å². The fourth-order valence-corrected chi connectivity index (χ4v) is 4.09. The first-order valence-electron chi connectivity index (χ1n) is 10.3. The quantitative estimate of drug-likeness (QED) is 0.172. The molecule has 160 valence electrons. The Balaban J connectivity index is 0.00000392. The Labute approximate surface area is 193 Å². The van der Waals surface area contributed by atoms with Crippen molar-refractivity contribution in [1.29, 1.82) is 0 Å². The number of hydrogen-bond donors (Lipinski definition) is 2. The van der Waals surface area contributed by atoms with Gasteiger partial charge in [-0.15, -0.1) is 35.7 Å². The molecule has 1 atom stereocenters. The Morgan fingerprint density at radius 1 is 1.14 bits per heavy atom. The van der Waals surface area contributed by atoms with Crippen LogP contribution in [-0.4, -0.2) is 80.4 Å². The highest BCUT2D eigenvalue weighted by Gasteiger charge is 2.11. The molecule has 1 saturated heterocycles. The molecule has 2 N–H and O–H groups in total. The highest BCUT2D eigenvalue weighted by Crippen LogP contribution is 2.22. The lowest BCUT2D eigenvalue weighted by atomic mass is 10.3. The predicted molar refractivity (Wildman–Crippen MR) is 134 cm³/mol. The molecule has 2 rings (SSSR count). The Morgan fingerprint density at radius 3 is 2.68 bits per heavy atom. The number of hydrogen-bond acceptors (Lipinski definition) is 4. The SMILES string of the molecule is CCNC(=NCC(C)Sc1ccccc1)NCCCN1CCCN(C)CC1.I. The molecule has 0 saturated carbocycles. The molecule has 7 heteroatoms. The third-order valence-corrected chi connectivity index (χ3v) is 5.78. The average Bonchev–Trinajstić information content (AvgIpc) is 2.88. The van der Waals surface area contributed by atoms with Crippen LogP contribution in [0.3, 0.4) is 0 Å². The molecule has 1 aromatic rings. The van der Waals surface area contributed by atoms with Gasteiger partial charge in [-0.1, -0.05) is 25.1 Å². The molecule has 0 bridgehead atoms. The summed E-state index contributed by atoms with van der Waals surface area (Å²) in [6, 6.07) is 10.6. The number of likely N-dealkylation sites (N-methyl/N-ethyl adjacent to an activating group) is 1. The van der Waals surface area contributed by atoms with Crippen molar-refractivity contribution in [1.82, 2.24) is 20.4 Å². The zero-order valence-corrected chi connectivity index (χ0v) is 20.8. The second kappa shape index (κ2) is 15.3. The van der Waals surface area contributed by atoms with Crippen LogP contribution in [0.25, 0.3) is 0 Å². The third kappa shape index (κ3) is 10.9. The van der Waals surface area contributed by atoms with Crippen LogP contribution in [0.1, 0.15) is 26.7 Å². The van der Waals surface area contributed by atoms with E-state index in [1.54, 1.807) is 0 Å². The van der Waals surface area contributed by atoms with Gasteiger partial charge in [0, 0.05) is 36.3 Å². The minimum absolute atomic E-state index is 0. The van der Waals surface area contributed by atoms with Crippen molar-refractivity contribution in [2.45, 2.75) is 36.8 Å². The van der Waals surface area contributed by atoms with E-state index in [0.717, 1.165) is 32.0 Å². The first-order chi connectivity index (χ1) is 13.2. The van der Waals surface area contributed by atoms with E-state index in [9.17, 15) is 0 Å². The minimum Gasteiger partial charge on any atom is -0.357 e. The molecule has 1 aromatic carbocycles. The summed E-state index contributed by atoms with van der Waals surface area (Å²) in [5.41, 5.74) is 0. The molecule has 0 spiro atoms. The Morgan fingerprint density at radius 2 is 1.93 bits per heavy atom. The molecule has 1 unspecified atom stereocenters. The van der Waals surface area contributed by atoms with Crippen LogP contribution in [0, 0.1) is 0 Å². The third-order valence-electron chi connectivity index (χ3n) is 4.69. The number of nitrogens with one attached hydrogen (secondary N) is 2. The lowest BCUT2D eigenvalue weighted by molar-refractivity contribution is 0.274. The lowest BCUT2D eigenvalue weighted by Crippen LogP contribution is -2.39. The van der Waals surface area contributed by atoms with Gasteiger partial charge in [0.1, 0.15) is 0 Å². The summed E-state index contributed by atoms with van der Waals surface area (Å²) >= 11 is 1.88. The van der Waals surface area contributed by atoms with Gasteiger partial charge in [0.15, 0.2) is 5.96 Å². The monoisotopic (exact) mass is 519 g/mol. The van der Waals surface area contributed by atoms with Crippen LogP contribution in [-0.2, 0) is 0 Å². The lowest BCUT2D eigenvalue weighted by Gasteiger charge is -2.20. The number of halogens is 1. The zero-order chi connectivity index (χ0) is 19.3. The van der Waals surface area contributed by atoms with Gasteiger partial charge in [-0.2, -0.15) is 0 Å². The summed E-state index contributed by atoms with van der Waals surface area (Å²) < 4.78 is 0. The van der Waals surface area contributed by atoms with Crippen molar-refractivity contribution in [3.05, 3.63) is 30.3 Å². The smallest absolute Gasteiger partial charge is 0.191 e. The molecule has 1 heterocycles. The van der Waals surface area contributed by atoms with E-state index in [4.69, 9.17) is 4.99 Å². The van der Waals surface area contributed by atoms with Crippen LogP contribution >= 0.6 is 35.7 Å². The Kier molecular flexibility index (Phi) is 14.0. The molecule has 28 heavy (non-hydrogen) atoms. The van der Waals surface area contributed by atoms with E-state index < -0.39 is 0 Å². The van der Waals surface area contributed by atoms with E-state index >= 15 is 0 Å². The molecule has 5 nitrogen and oxygen atoms in total. The van der Waals surface area contributed by atoms with Gasteiger partial charge in [-0.25, -0.2) is 0 Å². The molecule has 0 aromatic heterocycles. The average molecular weight is 520 g/mol. The van der Waals surface area contributed by atoms with E-state index in [0.29, 0.717) is 5.25 Å². The topological polar surface area (TPSA) is 42.9 Å². The van der Waals surface area contributed by atoms with E-state index in [2.05, 4.69) is 71.7 Å². The number of nitrogens with zero attached hydrogens (tertiary/aromatic N) is 3. The fourth-order valence-electron chi connectivity index (χ4n) is 3.16. The van der Waals surface area contributed by atoms with Crippen LogP contribution in [0.2, 0.25) is 0 Å². The maximum atomic E-state index is 4.77. The number of guanidine groups is 1. The highest BCUT2D eigenvalue weighted by molar-refractivity contribution is 14.0. The number of thioether (sulfide) groups is 1. The predicted octanol–water partition coefficient (Wildman–Crippen LogP) is 3.37. The van der Waals surface area contributed by atoms with Crippen molar-refractivity contribution in [3.8, 4) is 0 Å². The van der Waals surface area contributed by atoms with E-state index in [1.807, 2.05) is 11.8 Å². The van der Waals surface area contributed by atoms with Crippen molar-refractivity contribution < 1.29 is 0 Å². The summed E-state index contributed by atoms with van der Waals surface area (Å²) in [5.74, 6) is 0.939. The van der Waals surface area contributed by atoms with Crippen LogP contribution in [0.5, 0.6) is 0 Å². The summed E-state index contributed by atoms with van der Waals surface area (Å²) in [5, 5.41) is 7.32. The van der Waals surface area contributed by atoms with Gasteiger partial charge in [-0.3, -0.25) is 4.99 Å². The summed E-state index contributed by atoms with van der Waals surface area (Å²) in [6.07, 6.45) is 2.44. The number of rotatable bonds is 9. The fraction of sp³-hybridized carbons (Fsp3) is 0.667. The second-order valence-corrected chi connectivity index (χ2v) is 8.75. The van der Waals surface area contributed by atoms with Gasteiger partial charge in [0.2, 0.25) is 0 Å². The number of aliphatic imine (C=N–C) groups is 1. The van der Waals surface area contributed by atoms with E-state index in [1.165, 1.54) is 44.0 Å². The van der Waals surface area contributed by atoms with Crippen LogP contribution < -0.4 is 10.6 Å². The molecular formula is C21H38IN5S. The Hall–Kier alpha value is -0.510. The second-order valence-electron chi connectivity index (χ2n) is 7.24. The van der Waals surface area contributed by atoms with Gasteiger partial charge < -0.3 is 20.4 Å². The molecule has 1 aliphatic heterocycles. The maximum absolute atomic E-state index is 4.77. The number of benzene rings is 1. The normalized spacial score (nSPS) is 17.5. The standard InChI is InChI=1S/C21H37N5S.HI/c1-4-22-21(24-18-19(2)27-20-10-6-5-7-11-20)23-12-8-14-26-15-9-13-25(3)16-17-26;/h5-7,10-11,19H,4,8-9,12-18H2,1-3H3,(H2,22,23,24);1H. The first-order valence-corrected chi connectivity index (χ1v) is 11.2. The van der Waals surface area contributed by atoms with Crippen LogP contribution in [0.15, 0.2) is 40.2 Å². The van der Waals surface area contributed by atoms with E-state index in [-0.39, 0.29) is 24.0 Å². The summed E-state index contributed by atoms with van der Waals surface area (Å²) in [4.78, 5) is 11.1. The van der Waals surface area contributed by atoms with Crippen molar-refractivity contribution >= 4 is 41.7 Å². The van der Waals surface area contributed by atoms with Crippen molar-refractivity contribution in [3.63, 3.8) is 0 Å². The Bertz CT molecular complexity index is 543. The largest absolute Gasteiger partial charge is 0.357 e. The maximum Gasteiger partial charge on any atom is 0.191 e. The minimum atomic E-state index is 0. The van der Waals surface area contributed by atoms with Crippen molar-refractivity contribution in [2.75, 3.05) is 59.4 Å². The van der Waals surface area contributed by atoms with Gasteiger partial charge >= 0.3 is 0 Å². The molecule has 0 amide bonds. The van der Waals surface area contributed by atoms with Gasteiger partial charge in [0.05, 0.1) is 6.54 Å². The molecular weight excluding hydrogens is 481 g/mol.